The largest absolute Gasteiger partial charge is 0.497 e. The Labute approximate surface area is 111 Å². The van der Waals surface area contributed by atoms with Gasteiger partial charge in [-0.05, 0) is 23.4 Å². The molecule has 0 saturated carbocycles. The Morgan fingerprint density at radius 1 is 1.44 bits per heavy atom. The molecule has 0 bridgehead atoms. The van der Waals surface area contributed by atoms with E-state index in [1.807, 2.05) is 0 Å². The van der Waals surface area contributed by atoms with E-state index in [0.717, 1.165) is 5.75 Å². The summed E-state index contributed by atoms with van der Waals surface area (Å²) in [5, 5.41) is 9.63. The van der Waals surface area contributed by atoms with Crippen LogP contribution in [0.15, 0.2) is 18.2 Å². The molecule has 100 valence electrons. The molecule has 0 aliphatic heterocycles. The van der Waals surface area contributed by atoms with Crippen molar-refractivity contribution < 1.29 is 19.4 Å². The molecule has 1 N–H and O–H groups in total. The smallest absolute Gasteiger partial charge is 0.339 e. The third-order valence-electron chi connectivity index (χ3n) is 2.21. The van der Waals surface area contributed by atoms with Crippen molar-refractivity contribution >= 4 is 17.7 Å². The molecule has 0 atom stereocenters. The first-order valence-corrected chi connectivity index (χ1v) is 6.75. The van der Waals surface area contributed by atoms with Crippen LogP contribution in [0.4, 0.5) is 0 Å². The Bertz CT molecular complexity index is 404. The van der Waals surface area contributed by atoms with Crippen molar-refractivity contribution in [2.45, 2.75) is 19.1 Å². The van der Waals surface area contributed by atoms with Gasteiger partial charge in [-0.2, -0.15) is 11.8 Å². The average molecular weight is 270 g/mol. The van der Waals surface area contributed by atoms with Gasteiger partial charge in [0.15, 0.2) is 0 Å². The Kier molecular flexibility index (Phi) is 5.85. The van der Waals surface area contributed by atoms with E-state index in [1.165, 1.54) is 13.2 Å². The van der Waals surface area contributed by atoms with Crippen LogP contribution in [0, 0.1) is 0 Å². The Hall–Kier alpha value is -1.36. The standard InChI is InChI=1S/C13H18O4S/c1-9(2)18-7-6-17-12-5-4-10(16-3)8-11(12)13(14)15/h4-5,8-9H,6-7H2,1-3H3,(H,14,15). The zero-order valence-electron chi connectivity index (χ0n) is 10.8. The van der Waals surface area contributed by atoms with Crippen LogP contribution in [0.3, 0.4) is 0 Å². The van der Waals surface area contributed by atoms with E-state index in [9.17, 15) is 4.79 Å². The summed E-state index contributed by atoms with van der Waals surface area (Å²) >= 11 is 1.78. The first kappa shape index (κ1) is 14.7. The van der Waals surface area contributed by atoms with E-state index in [2.05, 4.69) is 13.8 Å². The number of carbonyl (C=O) groups is 1. The monoisotopic (exact) mass is 270 g/mol. The van der Waals surface area contributed by atoms with E-state index in [4.69, 9.17) is 14.6 Å². The fourth-order valence-corrected chi connectivity index (χ4v) is 2.02. The van der Waals surface area contributed by atoms with Gasteiger partial charge in [-0.25, -0.2) is 4.79 Å². The predicted octanol–water partition coefficient (Wildman–Crippen LogP) is 2.91. The van der Waals surface area contributed by atoms with Crippen molar-refractivity contribution in [1.82, 2.24) is 0 Å². The third-order valence-corrected chi connectivity index (χ3v) is 3.28. The van der Waals surface area contributed by atoms with Crippen molar-refractivity contribution in [1.29, 1.82) is 0 Å². The van der Waals surface area contributed by atoms with Crippen LogP contribution in [0.1, 0.15) is 24.2 Å². The van der Waals surface area contributed by atoms with Crippen LogP contribution in [-0.4, -0.2) is 35.8 Å². The van der Waals surface area contributed by atoms with Gasteiger partial charge in [0.05, 0.1) is 13.7 Å². The summed E-state index contributed by atoms with van der Waals surface area (Å²) in [6, 6.07) is 4.78. The van der Waals surface area contributed by atoms with E-state index in [1.54, 1.807) is 23.9 Å². The quantitative estimate of drug-likeness (QED) is 0.772. The minimum absolute atomic E-state index is 0.129. The number of hydrogen-bond donors (Lipinski definition) is 1. The molecule has 1 aromatic rings. The molecule has 0 spiro atoms. The summed E-state index contributed by atoms with van der Waals surface area (Å²) in [7, 11) is 1.50. The lowest BCUT2D eigenvalue weighted by atomic mass is 10.2. The second-order valence-corrected chi connectivity index (χ2v) is 5.62. The van der Waals surface area contributed by atoms with Crippen molar-refractivity contribution in [3.05, 3.63) is 23.8 Å². The molecule has 0 fully saturated rings. The first-order chi connectivity index (χ1) is 8.54. The van der Waals surface area contributed by atoms with Gasteiger partial charge in [0.25, 0.3) is 0 Å². The first-order valence-electron chi connectivity index (χ1n) is 5.70. The average Bonchev–Trinajstić information content (AvgIpc) is 2.34. The maximum Gasteiger partial charge on any atom is 0.339 e. The molecule has 0 amide bonds. The van der Waals surface area contributed by atoms with Gasteiger partial charge in [0, 0.05) is 5.75 Å². The number of hydrogen-bond acceptors (Lipinski definition) is 4. The summed E-state index contributed by atoms with van der Waals surface area (Å²) in [5.74, 6) is 0.715. The van der Waals surface area contributed by atoms with Gasteiger partial charge < -0.3 is 14.6 Å². The molecule has 18 heavy (non-hydrogen) atoms. The van der Waals surface area contributed by atoms with Crippen molar-refractivity contribution in [3.8, 4) is 11.5 Å². The maximum atomic E-state index is 11.1. The summed E-state index contributed by atoms with van der Waals surface area (Å²) < 4.78 is 10.5. The van der Waals surface area contributed by atoms with Crippen LogP contribution >= 0.6 is 11.8 Å². The van der Waals surface area contributed by atoms with E-state index >= 15 is 0 Å². The van der Waals surface area contributed by atoms with E-state index < -0.39 is 5.97 Å². The second kappa shape index (κ2) is 7.16. The molecule has 0 radical (unpaired) electrons. The summed E-state index contributed by atoms with van der Waals surface area (Å²) in [6.45, 7) is 4.72. The van der Waals surface area contributed by atoms with Crippen LogP contribution in [0.25, 0.3) is 0 Å². The van der Waals surface area contributed by atoms with Crippen molar-refractivity contribution in [2.24, 2.45) is 0 Å². The van der Waals surface area contributed by atoms with Crippen molar-refractivity contribution in [2.75, 3.05) is 19.5 Å². The van der Waals surface area contributed by atoms with Gasteiger partial charge >= 0.3 is 5.97 Å². The molecular formula is C13H18O4S. The van der Waals surface area contributed by atoms with E-state index in [0.29, 0.717) is 23.4 Å². The predicted molar refractivity (Wildman–Crippen MR) is 73.0 cm³/mol. The molecule has 5 heteroatoms. The van der Waals surface area contributed by atoms with Crippen LogP contribution in [0.2, 0.25) is 0 Å². The van der Waals surface area contributed by atoms with Gasteiger partial charge in [0.2, 0.25) is 0 Å². The number of ether oxygens (including phenoxy) is 2. The Morgan fingerprint density at radius 2 is 2.17 bits per heavy atom. The normalized spacial score (nSPS) is 10.4. The fourth-order valence-electron chi connectivity index (χ4n) is 1.36. The van der Waals surface area contributed by atoms with Gasteiger partial charge in [-0.15, -0.1) is 0 Å². The van der Waals surface area contributed by atoms with Gasteiger partial charge in [-0.1, -0.05) is 13.8 Å². The zero-order valence-corrected chi connectivity index (χ0v) is 11.6. The minimum atomic E-state index is -1.01. The van der Waals surface area contributed by atoms with Gasteiger partial charge in [-0.3, -0.25) is 0 Å². The molecular weight excluding hydrogens is 252 g/mol. The maximum absolute atomic E-state index is 11.1. The lowest BCUT2D eigenvalue weighted by Crippen LogP contribution is -2.07. The highest BCUT2D eigenvalue weighted by Gasteiger charge is 2.12. The number of aromatic carboxylic acids is 1. The topological polar surface area (TPSA) is 55.8 Å². The number of carboxylic acid groups (broad SMARTS) is 1. The third kappa shape index (κ3) is 4.49. The van der Waals surface area contributed by atoms with Gasteiger partial charge in [0.1, 0.15) is 17.1 Å². The highest BCUT2D eigenvalue weighted by atomic mass is 32.2. The SMILES string of the molecule is COc1ccc(OCCSC(C)C)c(C(=O)O)c1. The number of carboxylic acids is 1. The molecule has 0 saturated heterocycles. The lowest BCUT2D eigenvalue weighted by molar-refractivity contribution is 0.0692. The number of methoxy groups -OCH3 is 1. The molecule has 1 rings (SSSR count). The summed E-state index contributed by atoms with van der Waals surface area (Å²) in [6.07, 6.45) is 0. The van der Waals surface area contributed by atoms with Crippen molar-refractivity contribution in [3.63, 3.8) is 0 Å². The highest BCUT2D eigenvalue weighted by molar-refractivity contribution is 7.99. The molecule has 4 nitrogen and oxygen atoms in total. The molecule has 0 heterocycles. The van der Waals surface area contributed by atoms with Crippen LogP contribution in [0.5, 0.6) is 11.5 Å². The number of benzene rings is 1. The zero-order chi connectivity index (χ0) is 13.5. The highest BCUT2D eigenvalue weighted by Crippen LogP contribution is 2.24. The lowest BCUT2D eigenvalue weighted by Gasteiger charge is -2.11. The number of rotatable bonds is 7. The fraction of sp³-hybridized carbons (Fsp3) is 0.462. The molecule has 0 aliphatic carbocycles. The van der Waals surface area contributed by atoms with E-state index in [-0.39, 0.29) is 5.56 Å². The minimum Gasteiger partial charge on any atom is -0.497 e. The molecule has 0 aliphatic rings. The van der Waals surface area contributed by atoms with Crippen LogP contribution < -0.4 is 9.47 Å². The molecule has 0 unspecified atom stereocenters. The number of thioether (sulfide) groups is 1. The summed E-state index contributed by atoms with van der Waals surface area (Å²) in [4.78, 5) is 11.1. The second-order valence-electron chi connectivity index (χ2n) is 3.94. The van der Waals surface area contributed by atoms with Crippen LogP contribution in [-0.2, 0) is 0 Å². The molecule has 1 aromatic carbocycles. The summed E-state index contributed by atoms with van der Waals surface area (Å²) in [5.41, 5.74) is 0.129. The molecule has 0 aromatic heterocycles. The Balaban J connectivity index is 2.67. The Morgan fingerprint density at radius 3 is 2.72 bits per heavy atom.